The van der Waals surface area contributed by atoms with E-state index in [0.717, 1.165) is 0 Å². The SMILES string of the molecule is COc1ccc(C(=O)NCC(=O)N/N=C\c2cc(Br)c(OC(C)C)c(OC)c2)cc1OC. The van der Waals surface area contributed by atoms with Gasteiger partial charge in [0.15, 0.2) is 23.0 Å². The lowest BCUT2D eigenvalue weighted by atomic mass is 10.2. The highest BCUT2D eigenvalue weighted by Crippen LogP contribution is 2.37. The van der Waals surface area contributed by atoms with Crippen molar-refractivity contribution in [2.24, 2.45) is 5.10 Å². The zero-order valence-corrected chi connectivity index (χ0v) is 20.1. The Hall–Kier alpha value is -3.27. The number of ether oxygens (including phenoxy) is 4. The number of carbonyl (C=O) groups excluding carboxylic acids is 2. The van der Waals surface area contributed by atoms with Crippen LogP contribution in [0, 0.1) is 0 Å². The van der Waals surface area contributed by atoms with Gasteiger partial charge in [-0.3, -0.25) is 9.59 Å². The average molecular weight is 508 g/mol. The van der Waals surface area contributed by atoms with Gasteiger partial charge in [-0.15, -0.1) is 0 Å². The minimum absolute atomic E-state index is 0.0202. The number of rotatable bonds is 10. The van der Waals surface area contributed by atoms with Gasteiger partial charge in [-0.2, -0.15) is 5.10 Å². The molecule has 0 aliphatic rings. The molecule has 0 bridgehead atoms. The van der Waals surface area contributed by atoms with Crippen LogP contribution < -0.4 is 29.7 Å². The van der Waals surface area contributed by atoms with Gasteiger partial charge in [-0.05, 0) is 65.7 Å². The molecule has 2 aromatic rings. The summed E-state index contributed by atoms with van der Waals surface area (Å²) in [5.74, 6) is 1.12. The van der Waals surface area contributed by atoms with Gasteiger partial charge in [0.2, 0.25) is 0 Å². The van der Waals surface area contributed by atoms with Crippen LogP contribution in [0.1, 0.15) is 29.8 Å². The van der Waals surface area contributed by atoms with Gasteiger partial charge < -0.3 is 24.3 Å². The van der Waals surface area contributed by atoms with Crippen molar-refractivity contribution < 1.29 is 28.5 Å². The van der Waals surface area contributed by atoms with Crippen LogP contribution in [0.25, 0.3) is 0 Å². The van der Waals surface area contributed by atoms with Gasteiger partial charge in [-0.25, -0.2) is 5.43 Å². The molecule has 32 heavy (non-hydrogen) atoms. The topological polar surface area (TPSA) is 107 Å². The minimum atomic E-state index is -0.485. The molecule has 172 valence electrons. The number of nitrogens with zero attached hydrogens (tertiary/aromatic N) is 1. The molecule has 0 spiro atoms. The summed E-state index contributed by atoms with van der Waals surface area (Å²) in [6.07, 6.45) is 1.44. The van der Waals surface area contributed by atoms with Crippen molar-refractivity contribution >= 4 is 34.0 Å². The van der Waals surface area contributed by atoms with E-state index < -0.39 is 11.8 Å². The Balaban J connectivity index is 1.94. The van der Waals surface area contributed by atoms with Gasteiger partial charge >= 0.3 is 0 Å². The van der Waals surface area contributed by atoms with Gasteiger partial charge in [-0.1, -0.05) is 0 Å². The van der Waals surface area contributed by atoms with Crippen LogP contribution in [0.5, 0.6) is 23.0 Å². The molecular formula is C22H26BrN3O6. The molecule has 0 unspecified atom stereocenters. The Labute approximate surface area is 195 Å². The molecular weight excluding hydrogens is 482 g/mol. The van der Waals surface area contributed by atoms with E-state index in [4.69, 9.17) is 18.9 Å². The molecule has 0 heterocycles. The van der Waals surface area contributed by atoms with Crippen molar-refractivity contribution in [3.05, 3.63) is 45.9 Å². The maximum absolute atomic E-state index is 12.3. The summed E-state index contributed by atoms with van der Waals surface area (Å²) in [5, 5.41) is 6.44. The average Bonchev–Trinajstić information content (AvgIpc) is 2.78. The lowest BCUT2D eigenvalue weighted by molar-refractivity contribution is -0.120. The quantitative estimate of drug-likeness (QED) is 0.377. The number of amides is 2. The molecule has 0 atom stereocenters. The Bertz CT molecular complexity index is 994. The minimum Gasteiger partial charge on any atom is -0.493 e. The first-order valence-electron chi connectivity index (χ1n) is 9.65. The second-order valence-electron chi connectivity index (χ2n) is 6.75. The van der Waals surface area contributed by atoms with Gasteiger partial charge in [0.05, 0.1) is 44.7 Å². The summed E-state index contributed by atoms with van der Waals surface area (Å²) in [5.41, 5.74) is 3.38. The smallest absolute Gasteiger partial charge is 0.259 e. The number of hydrogen-bond donors (Lipinski definition) is 2. The first-order valence-corrected chi connectivity index (χ1v) is 10.4. The van der Waals surface area contributed by atoms with Gasteiger partial charge in [0, 0.05) is 5.56 Å². The summed E-state index contributed by atoms with van der Waals surface area (Å²) in [6.45, 7) is 3.58. The predicted molar refractivity (Wildman–Crippen MR) is 124 cm³/mol. The number of nitrogens with one attached hydrogen (secondary N) is 2. The maximum Gasteiger partial charge on any atom is 0.259 e. The van der Waals surface area contributed by atoms with Gasteiger partial charge in [0.25, 0.3) is 11.8 Å². The van der Waals surface area contributed by atoms with E-state index in [1.807, 2.05) is 13.8 Å². The van der Waals surface area contributed by atoms with Crippen molar-refractivity contribution in [3.8, 4) is 23.0 Å². The highest BCUT2D eigenvalue weighted by Gasteiger charge is 2.13. The second kappa shape index (κ2) is 11.9. The molecule has 0 radical (unpaired) electrons. The molecule has 2 aromatic carbocycles. The lowest BCUT2D eigenvalue weighted by Crippen LogP contribution is -2.34. The Morgan fingerprint density at radius 1 is 1.03 bits per heavy atom. The summed E-state index contributed by atoms with van der Waals surface area (Å²) in [7, 11) is 4.52. The summed E-state index contributed by atoms with van der Waals surface area (Å²) >= 11 is 3.45. The number of hydrogen-bond acceptors (Lipinski definition) is 7. The fraction of sp³-hybridized carbons (Fsp3) is 0.318. The monoisotopic (exact) mass is 507 g/mol. The molecule has 9 nitrogen and oxygen atoms in total. The molecule has 0 aliphatic carbocycles. The van der Waals surface area contributed by atoms with Crippen LogP contribution in [0.4, 0.5) is 0 Å². The molecule has 0 saturated heterocycles. The van der Waals surface area contributed by atoms with Crippen LogP contribution in [0.2, 0.25) is 0 Å². The van der Waals surface area contributed by atoms with E-state index in [-0.39, 0.29) is 12.6 Å². The van der Waals surface area contributed by atoms with Crippen molar-refractivity contribution in [2.45, 2.75) is 20.0 Å². The van der Waals surface area contributed by atoms with Crippen molar-refractivity contribution in [2.75, 3.05) is 27.9 Å². The Morgan fingerprint density at radius 3 is 2.34 bits per heavy atom. The number of methoxy groups -OCH3 is 3. The number of halogens is 1. The second-order valence-corrected chi connectivity index (χ2v) is 7.60. The molecule has 2 amide bonds. The largest absolute Gasteiger partial charge is 0.493 e. The Kier molecular flexibility index (Phi) is 9.33. The van der Waals surface area contributed by atoms with Crippen molar-refractivity contribution in [3.63, 3.8) is 0 Å². The zero-order valence-electron chi connectivity index (χ0n) is 18.5. The fourth-order valence-corrected chi connectivity index (χ4v) is 3.18. The van der Waals surface area contributed by atoms with E-state index >= 15 is 0 Å². The molecule has 2 N–H and O–H groups in total. The molecule has 2 rings (SSSR count). The van der Waals surface area contributed by atoms with Crippen LogP contribution >= 0.6 is 15.9 Å². The van der Waals surface area contributed by atoms with Crippen molar-refractivity contribution in [1.29, 1.82) is 0 Å². The lowest BCUT2D eigenvalue weighted by Gasteiger charge is -2.15. The summed E-state index contributed by atoms with van der Waals surface area (Å²) < 4.78 is 22.1. The number of hydrazone groups is 1. The van der Waals surface area contributed by atoms with E-state index in [1.54, 1.807) is 31.4 Å². The van der Waals surface area contributed by atoms with Crippen LogP contribution in [0.15, 0.2) is 39.9 Å². The van der Waals surface area contributed by atoms with E-state index in [2.05, 4.69) is 31.8 Å². The van der Waals surface area contributed by atoms with E-state index in [1.165, 1.54) is 26.5 Å². The third kappa shape index (κ3) is 6.88. The summed E-state index contributed by atoms with van der Waals surface area (Å²) in [4.78, 5) is 24.3. The molecule has 0 fully saturated rings. The third-order valence-electron chi connectivity index (χ3n) is 4.06. The first-order chi connectivity index (χ1) is 15.3. The maximum atomic E-state index is 12.3. The molecule has 0 aliphatic heterocycles. The molecule has 0 aromatic heterocycles. The first kappa shape index (κ1) is 25.0. The summed E-state index contributed by atoms with van der Waals surface area (Å²) in [6, 6.07) is 8.24. The molecule has 0 saturated carbocycles. The van der Waals surface area contributed by atoms with Crippen LogP contribution in [0.3, 0.4) is 0 Å². The van der Waals surface area contributed by atoms with Crippen LogP contribution in [-0.2, 0) is 4.79 Å². The predicted octanol–water partition coefficient (Wildman–Crippen LogP) is 3.14. The van der Waals surface area contributed by atoms with E-state index in [0.29, 0.717) is 38.6 Å². The van der Waals surface area contributed by atoms with Crippen molar-refractivity contribution in [1.82, 2.24) is 10.7 Å². The highest BCUT2D eigenvalue weighted by molar-refractivity contribution is 9.10. The fourth-order valence-electron chi connectivity index (χ4n) is 2.62. The Morgan fingerprint density at radius 2 is 1.72 bits per heavy atom. The number of carbonyl (C=O) groups is 2. The standard InChI is InChI=1S/C22H26BrN3O6/c1-13(2)32-21-16(23)8-14(9-19(21)31-5)11-25-26-20(27)12-24-22(28)15-6-7-17(29-3)18(10-15)30-4/h6-11,13H,12H2,1-5H3,(H,24,28)(H,26,27)/b25-11-. The number of benzene rings is 2. The third-order valence-corrected chi connectivity index (χ3v) is 4.65. The zero-order chi connectivity index (χ0) is 23.7. The normalized spacial score (nSPS) is 10.7. The van der Waals surface area contributed by atoms with E-state index in [9.17, 15) is 9.59 Å². The van der Waals surface area contributed by atoms with Gasteiger partial charge in [0.1, 0.15) is 0 Å². The van der Waals surface area contributed by atoms with Crippen LogP contribution in [-0.4, -0.2) is 52.0 Å². The molecule has 10 heteroatoms. The highest BCUT2D eigenvalue weighted by atomic mass is 79.9.